The number of hydrogen-bond donors (Lipinski definition) is 1. The van der Waals surface area contributed by atoms with Crippen LogP contribution in [0.3, 0.4) is 0 Å². The number of nitrogens with zero attached hydrogens (tertiary/aromatic N) is 2. The monoisotopic (exact) mass is 341 g/mol. The Kier molecular flexibility index (Phi) is 4.34. The van der Waals surface area contributed by atoms with Crippen LogP contribution >= 0.6 is 0 Å². The number of amides is 2. The SMILES string of the molecule is COc1ccc(N[C@@H]2CC(=O)N(c3cccc([N+](=O)[O-])c3)C2=O)cc1. The number of methoxy groups -OCH3 is 1. The lowest BCUT2D eigenvalue weighted by Gasteiger charge is -2.16. The van der Waals surface area contributed by atoms with Gasteiger partial charge in [0.25, 0.3) is 11.6 Å². The number of non-ortho nitro benzene ring substituents is 1. The predicted molar refractivity (Wildman–Crippen MR) is 90.6 cm³/mol. The van der Waals surface area contributed by atoms with E-state index in [1.807, 2.05) is 0 Å². The molecular formula is C17H15N3O5. The molecule has 25 heavy (non-hydrogen) atoms. The number of carbonyl (C=O) groups excluding carboxylic acids is 2. The lowest BCUT2D eigenvalue weighted by atomic mass is 10.2. The van der Waals surface area contributed by atoms with Gasteiger partial charge in [-0.25, -0.2) is 4.90 Å². The second-order valence-electron chi connectivity index (χ2n) is 5.47. The van der Waals surface area contributed by atoms with E-state index in [9.17, 15) is 19.7 Å². The van der Waals surface area contributed by atoms with E-state index in [4.69, 9.17) is 4.74 Å². The summed E-state index contributed by atoms with van der Waals surface area (Å²) >= 11 is 0. The van der Waals surface area contributed by atoms with Gasteiger partial charge < -0.3 is 10.1 Å². The van der Waals surface area contributed by atoms with Gasteiger partial charge in [0.05, 0.1) is 24.1 Å². The molecular weight excluding hydrogens is 326 g/mol. The number of nitrogens with one attached hydrogen (secondary N) is 1. The maximum absolute atomic E-state index is 12.6. The normalized spacial score (nSPS) is 16.8. The first-order valence-electron chi connectivity index (χ1n) is 7.51. The molecule has 0 aromatic heterocycles. The Balaban J connectivity index is 1.80. The number of rotatable bonds is 5. The third-order valence-electron chi connectivity index (χ3n) is 3.88. The molecule has 0 aliphatic carbocycles. The minimum atomic E-state index is -0.722. The van der Waals surface area contributed by atoms with Crippen molar-refractivity contribution in [2.24, 2.45) is 0 Å². The summed E-state index contributed by atoms with van der Waals surface area (Å²) < 4.78 is 5.07. The van der Waals surface area contributed by atoms with E-state index in [1.54, 1.807) is 31.4 Å². The summed E-state index contributed by atoms with van der Waals surface area (Å²) in [6.45, 7) is 0. The minimum absolute atomic E-state index is 0.0203. The van der Waals surface area contributed by atoms with Crippen LogP contribution in [-0.2, 0) is 9.59 Å². The van der Waals surface area contributed by atoms with Gasteiger partial charge in [-0.3, -0.25) is 19.7 Å². The van der Waals surface area contributed by atoms with E-state index in [1.165, 1.54) is 24.3 Å². The summed E-state index contributed by atoms with van der Waals surface area (Å²) in [7, 11) is 1.55. The van der Waals surface area contributed by atoms with Gasteiger partial charge in [-0.1, -0.05) is 6.07 Å². The minimum Gasteiger partial charge on any atom is -0.497 e. The van der Waals surface area contributed by atoms with Crippen LogP contribution in [0.2, 0.25) is 0 Å². The molecule has 128 valence electrons. The van der Waals surface area contributed by atoms with Crippen molar-refractivity contribution in [3.63, 3.8) is 0 Å². The largest absolute Gasteiger partial charge is 0.497 e. The molecule has 2 aromatic carbocycles. The lowest BCUT2D eigenvalue weighted by Crippen LogP contribution is -2.34. The molecule has 3 rings (SSSR count). The first-order chi connectivity index (χ1) is 12.0. The van der Waals surface area contributed by atoms with Crippen LogP contribution in [0.15, 0.2) is 48.5 Å². The van der Waals surface area contributed by atoms with E-state index < -0.39 is 22.8 Å². The highest BCUT2D eigenvalue weighted by Crippen LogP contribution is 2.28. The van der Waals surface area contributed by atoms with Crippen molar-refractivity contribution < 1.29 is 19.2 Å². The van der Waals surface area contributed by atoms with Crippen LogP contribution in [0.25, 0.3) is 0 Å². The van der Waals surface area contributed by atoms with Crippen molar-refractivity contribution in [3.05, 3.63) is 58.6 Å². The fourth-order valence-corrected chi connectivity index (χ4v) is 2.65. The first kappa shape index (κ1) is 16.4. The van der Waals surface area contributed by atoms with E-state index in [0.29, 0.717) is 11.4 Å². The molecule has 1 atom stereocenters. The maximum atomic E-state index is 12.6. The average molecular weight is 341 g/mol. The van der Waals surface area contributed by atoms with Gasteiger partial charge in [-0.2, -0.15) is 0 Å². The number of anilines is 2. The Morgan fingerprint density at radius 1 is 1.20 bits per heavy atom. The van der Waals surface area contributed by atoms with Crippen LogP contribution in [-0.4, -0.2) is 29.9 Å². The molecule has 8 nitrogen and oxygen atoms in total. The fourth-order valence-electron chi connectivity index (χ4n) is 2.65. The highest BCUT2D eigenvalue weighted by molar-refractivity contribution is 6.23. The summed E-state index contributed by atoms with van der Waals surface area (Å²) in [5, 5.41) is 13.9. The zero-order valence-corrected chi connectivity index (χ0v) is 13.3. The van der Waals surface area contributed by atoms with E-state index in [0.717, 1.165) is 4.90 Å². The van der Waals surface area contributed by atoms with Crippen LogP contribution in [0, 0.1) is 10.1 Å². The smallest absolute Gasteiger partial charge is 0.271 e. The highest BCUT2D eigenvalue weighted by Gasteiger charge is 2.39. The summed E-state index contributed by atoms with van der Waals surface area (Å²) in [6.07, 6.45) is -0.0203. The Morgan fingerprint density at radius 2 is 1.92 bits per heavy atom. The summed E-state index contributed by atoms with van der Waals surface area (Å²) in [5.74, 6) is -0.171. The van der Waals surface area contributed by atoms with Gasteiger partial charge in [-0.05, 0) is 30.3 Å². The van der Waals surface area contributed by atoms with Crippen molar-refractivity contribution >= 4 is 28.9 Å². The Labute approximate surface area is 143 Å². The molecule has 0 unspecified atom stereocenters. The molecule has 1 N–H and O–H groups in total. The van der Waals surface area contributed by atoms with E-state index >= 15 is 0 Å². The van der Waals surface area contributed by atoms with E-state index in [2.05, 4.69) is 5.32 Å². The van der Waals surface area contributed by atoms with E-state index in [-0.39, 0.29) is 17.8 Å². The number of hydrogen-bond acceptors (Lipinski definition) is 6. The quantitative estimate of drug-likeness (QED) is 0.509. The molecule has 0 saturated carbocycles. The molecule has 0 bridgehead atoms. The van der Waals surface area contributed by atoms with Gasteiger partial charge in [-0.15, -0.1) is 0 Å². The number of ether oxygens (including phenoxy) is 1. The van der Waals surface area contributed by atoms with Crippen LogP contribution in [0.5, 0.6) is 5.75 Å². The topological polar surface area (TPSA) is 102 Å². The Hall–Kier alpha value is -3.42. The number of imide groups is 1. The van der Waals surface area contributed by atoms with Crippen LogP contribution < -0.4 is 15.0 Å². The van der Waals surface area contributed by atoms with Crippen LogP contribution in [0.1, 0.15) is 6.42 Å². The van der Waals surface area contributed by atoms with Gasteiger partial charge in [0, 0.05) is 17.8 Å². The van der Waals surface area contributed by atoms with Gasteiger partial charge in [0.2, 0.25) is 5.91 Å². The summed E-state index contributed by atoms with van der Waals surface area (Å²) in [6, 6.07) is 11.7. The second-order valence-corrected chi connectivity index (χ2v) is 5.47. The van der Waals surface area contributed by atoms with Gasteiger partial charge >= 0.3 is 0 Å². The number of nitro groups is 1. The molecule has 0 radical (unpaired) electrons. The van der Waals surface area contributed by atoms with Crippen molar-refractivity contribution in [2.45, 2.75) is 12.5 Å². The molecule has 0 spiro atoms. The van der Waals surface area contributed by atoms with Crippen molar-refractivity contribution in [2.75, 3.05) is 17.3 Å². The van der Waals surface area contributed by atoms with Crippen LogP contribution in [0.4, 0.5) is 17.1 Å². The molecule has 1 saturated heterocycles. The number of nitro benzene ring substituents is 1. The molecule has 8 heteroatoms. The number of benzene rings is 2. The molecule has 1 aliphatic heterocycles. The Morgan fingerprint density at radius 3 is 2.56 bits per heavy atom. The zero-order valence-electron chi connectivity index (χ0n) is 13.3. The lowest BCUT2D eigenvalue weighted by molar-refractivity contribution is -0.384. The predicted octanol–water partition coefficient (Wildman–Crippen LogP) is 2.35. The summed E-state index contributed by atoms with van der Waals surface area (Å²) in [4.78, 5) is 36.1. The van der Waals surface area contributed by atoms with Gasteiger partial charge in [0.1, 0.15) is 11.8 Å². The average Bonchev–Trinajstić information content (AvgIpc) is 2.89. The molecule has 1 aliphatic rings. The second kappa shape index (κ2) is 6.60. The molecule has 2 aromatic rings. The van der Waals surface area contributed by atoms with Crippen molar-refractivity contribution in [1.82, 2.24) is 0 Å². The molecule has 2 amide bonds. The summed E-state index contributed by atoms with van der Waals surface area (Å²) in [5.41, 5.74) is 0.695. The van der Waals surface area contributed by atoms with Crippen molar-refractivity contribution in [3.8, 4) is 5.75 Å². The highest BCUT2D eigenvalue weighted by atomic mass is 16.6. The first-order valence-corrected chi connectivity index (χ1v) is 7.51. The fraction of sp³-hybridized carbons (Fsp3) is 0.176. The Bertz CT molecular complexity index is 834. The molecule has 1 heterocycles. The van der Waals surface area contributed by atoms with Crippen molar-refractivity contribution in [1.29, 1.82) is 0 Å². The maximum Gasteiger partial charge on any atom is 0.271 e. The number of carbonyl (C=O) groups is 2. The zero-order chi connectivity index (χ0) is 18.0. The van der Waals surface area contributed by atoms with Gasteiger partial charge in [0.15, 0.2) is 0 Å². The third-order valence-corrected chi connectivity index (χ3v) is 3.88. The molecule has 1 fully saturated rings. The standard InChI is InChI=1S/C17H15N3O5/c1-25-14-7-5-11(6-8-14)18-15-10-16(21)19(17(15)22)12-3-2-4-13(9-12)20(23)24/h2-9,15,18H,10H2,1H3/t15-/m1/s1. The third kappa shape index (κ3) is 3.27.